The Bertz CT molecular complexity index is 332. The van der Waals surface area contributed by atoms with E-state index < -0.39 is 17.7 Å². The van der Waals surface area contributed by atoms with Crippen molar-refractivity contribution in [1.29, 1.82) is 0 Å². The normalized spacial score (nSPS) is 16.5. The van der Waals surface area contributed by atoms with Crippen LogP contribution in [0, 0.1) is 0 Å². The highest BCUT2D eigenvalue weighted by molar-refractivity contribution is 5.76. The Morgan fingerprint density at radius 3 is 2.40 bits per heavy atom. The molecule has 4 heteroatoms. The van der Waals surface area contributed by atoms with Crippen molar-refractivity contribution in [3.8, 4) is 0 Å². The summed E-state index contributed by atoms with van der Waals surface area (Å²) in [4.78, 5) is 11.1. The van der Waals surface area contributed by atoms with Crippen molar-refractivity contribution in [3.05, 3.63) is 35.9 Å². The number of aliphatic hydroxyl groups excluding tert-OH is 1. The van der Waals surface area contributed by atoms with Gasteiger partial charge < -0.3 is 14.9 Å². The molecule has 1 aromatic carbocycles. The molecule has 82 valence electrons. The molecule has 15 heavy (non-hydrogen) atoms. The molecule has 4 nitrogen and oxygen atoms in total. The number of methoxy groups -OCH3 is 1. The number of esters is 1. The van der Waals surface area contributed by atoms with Gasteiger partial charge in [-0.25, -0.2) is 4.79 Å². The second-order valence-corrected chi connectivity index (χ2v) is 3.44. The lowest BCUT2D eigenvalue weighted by Crippen LogP contribution is -2.42. The van der Waals surface area contributed by atoms with E-state index in [0.717, 1.165) is 7.11 Å². The molecule has 0 radical (unpaired) electrons. The average Bonchev–Trinajstić information content (AvgIpc) is 2.28. The zero-order valence-corrected chi connectivity index (χ0v) is 8.68. The SMILES string of the molecule is COC(=O)[C@H](O)[C@](C)(O)c1ccccc1. The Hall–Kier alpha value is -1.39. The van der Waals surface area contributed by atoms with Crippen molar-refractivity contribution in [2.45, 2.75) is 18.6 Å². The molecule has 0 heterocycles. The summed E-state index contributed by atoms with van der Waals surface area (Å²) in [5.74, 6) is -0.858. The molecule has 0 bridgehead atoms. The number of hydrogen-bond acceptors (Lipinski definition) is 4. The van der Waals surface area contributed by atoms with Crippen molar-refractivity contribution in [3.63, 3.8) is 0 Å². The van der Waals surface area contributed by atoms with Gasteiger partial charge in [0.25, 0.3) is 0 Å². The van der Waals surface area contributed by atoms with E-state index in [1.807, 2.05) is 0 Å². The molecular formula is C11H14O4. The molecule has 2 atom stereocenters. The maximum absolute atomic E-state index is 11.1. The smallest absolute Gasteiger partial charge is 0.338 e. The quantitative estimate of drug-likeness (QED) is 0.710. The van der Waals surface area contributed by atoms with Crippen LogP contribution in [0.1, 0.15) is 12.5 Å². The van der Waals surface area contributed by atoms with Gasteiger partial charge >= 0.3 is 5.97 Å². The summed E-state index contributed by atoms with van der Waals surface area (Å²) in [6, 6.07) is 8.48. The minimum Gasteiger partial charge on any atom is -0.467 e. The van der Waals surface area contributed by atoms with Crippen molar-refractivity contribution in [2.24, 2.45) is 0 Å². The predicted molar refractivity (Wildman–Crippen MR) is 54.0 cm³/mol. The van der Waals surface area contributed by atoms with Crippen molar-refractivity contribution in [2.75, 3.05) is 7.11 Å². The minimum absolute atomic E-state index is 0.461. The minimum atomic E-state index is -1.64. The van der Waals surface area contributed by atoms with Crippen LogP contribution in [-0.4, -0.2) is 29.4 Å². The van der Waals surface area contributed by atoms with Crippen LogP contribution in [0.15, 0.2) is 30.3 Å². The predicted octanol–water partition coefficient (Wildman–Crippen LogP) is 0.428. The maximum Gasteiger partial charge on any atom is 0.338 e. The van der Waals surface area contributed by atoms with E-state index in [0.29, 0.717) is 5.56 Å². The van der Waals surface area contributed by atoms with E-state index >= 15 is 0 Å². The molecule has 1 rings (SSSR count). The number of hydrogen-bond donors (Lipinski definition) is 2. The van der Waals surface area contributed by atoms with Crippen LogP contribution in [0.3, 0.4) is 0 Å². The molecule has 0 fully saturated rings. The number of ether oxygens (including phenoxy) is 1. The summed E-state index contributed by atoms with van der Waals surface area (Å²) in [6.45, 7) is 1.36. The largest absolute Gasteiger partial charge is 0.467 e. The molecular weight excluding hydrogens is 196 g/mol. The molecule has 0 saturated carbocycles. The highest BCUT2D eigenvalue weighted by atomic mass is 16.5. The van der Waals surface area contributed by atoms with Gasteiger partial charge in [-0.05, 0) is 12.5 Å². The Morgan fingerprint density at radius 1 is 1.40 bits per heavy atom. The van der Waals surface area contributed by atoms with E-state index in [4.69, 9.17) is 0 Å². The van der Waals surface area contributed by atoms with E-state index in [1.165, 1.54) is 6.92 Å². The van der Waals surface area contributed by atoms with Gasteiger partial charge in [-0.15, -0.1) is 0 Å². The van der Waals surface area contributed by atoms with Crippen LogP contribution < -0.4 is 0 Å². The summed E-state index contributed by atoms with van der Waals surface area (Å²) in [6.07, 6.45) is -1.59. The van der Waals surface area contributed by atoms with Gasteiger partial charge in [-0.2, -0.15) is 0 Å². The average molecular weight is 210 g/mol. The third-order valence-corrected chi connectivity index (χ3v) is 2.32. The molecule has 2 N–H and O–H groups in total. The number of rotatable bonds is 3. The van der Waals surface area contributed by atoms with Gasteiger partial charge in [0, 0.05) is 0 Å². The third kappa shape index (κ3) is 2.34. The Balaban J connectivity index is 2.97. The van der Waals surface area contributed by atoms with Gasteiger partial charge in [-0.3, -0.25) is 0 Å². The molecule has 0 spiro atoms. The molecule has 0 aliphatic carbocycles. The van der Waals surface area contributed by atoms with Crippen LogP contribution in [0.25, 0.3) is 0 Å². The van der Waals surface area contributed by atoms with Crippen LogP contribution >= 0.6 is 0 Å². The molecule has 0 unspecified atom stereocenters. The lowest BCUT2D eigenvalue weighted by molar-refractivity contribution is -0.166. The molecule has 0 aromatic heterocycles. The first kappa shape index (κ1) is 11.7. The van der Waals surface area contributed by atoms with Gasteiger partial charge in [-0.1, -0.05) is 30.3 Å². The Kier molecular flexibility index (Phi) is 3.44. The Morgan fingerprint density at radius 2 is 1.93 bits per heavy atom. The van der Waals surface area contributed by atoms with Crippen molar-refractivity contribution in [1.82, 2.24) is 0 Å². The summed E-state index contributed by atoms with van der Waals surface area (Å²) in [5.41, 5.74) is -1.18. The number of aliphatic hydroxyl groups is 2. The van der Waals surface area contributed by atoms with Crippen LogP contribution in [0.4, 0.5) is 0 Å². The molecule has 0 aliphatic heterocycles. The zero-order chi connectivity index (χ0) is 11.5. The van der Waals surface area contributed by atoms with Gasteiger partial charge in [0.2, 0.25) is 0 Å². The summed E-state index contributed by atoms with van der Waals surface area (Å²) >= 11 is 0. The first-order chi connectivity index (χ1) is 7.00. The number of carbonyl (C=O) groups excluding carboxylic acids is 1. The fourth-order valence-electron chi connectivity index (χ4n) is 1.27. The van der Waals surface area contributed by atoms with E-state index in [2.05, 4.69) is 4.74 Å². The van der Waals surface area contributed by atoms with Gasteiger partial charge in [0.1, 0.15) is 5.60 Å². The van der Waals surface area contributed by atoms with E-state index in [1.54, 1.807) is 30.3 Å². The standard InChI is InChI=1S/C11H14O4/c1-11(14,9(12)10(13)15-2)8-6-4-3-5-7-8/h3-7,9,12,14H,1-2H3/t9-,11+/m0/s1. The first-order valence-corrected chi connectivity index (χ1v) is 4.54. The van der Waals surface area contributed by atoms with Crippen molar-refractivity contribution < 1.29 is 19.7 Å². The second kappa shape index (κ2) is 4.42. The fraction of sp³-hybridized carbons (Fsp3) is 0.364. The molecule has 1 aromatic rings. The monoisotopic (exact) mass is 210 g/mol. The van der Waals surface area contributed by atoms with Crippen LogP contribution in [-0.2, 0) is 15.1 Å². The summed E-state index contributed by atoms with van der Waals surface area (Å²) in [7, 11) is 1.16. The lowest BCUT2D eigenvalue weighted by Gasteiger charge is -2.27. The van der Waals surface area contributed by atoms with Crippen LogP contribution in [0.5, 0.6) is 0 Å². The van der Waals surface area contributed by atoms with E-state index in [9.17, 15) is 15.0 Å². The molecule has 0 aliphatic rings. The Labute approximate surface area is 88.1 Å². The second-order valence-electron chi connectivity index (χ2n) is 3.44. The summed E-state index contributed by atoms with van der Waals surface area (Å²) < 4.78 is 4.37. The third-order valence-electron chi connectivity index (χ3n) is 2.32. The van der Waals surface area contributed by atoms with Gasteiger partial charge in [0.15, 0.2) is 6.10 Å². The zero-order valence-electron chi connectivity index (χ0n) is 8.68. The fourth-order valence-corrected chi connectivity index (χ4v) is 1.27. The highest BCUT2D eigenvalue weighted by Crippen LogP contribution is 2.24. The first-order valence-electron chi connectivity index (χ1n) is 4.54. The maximum atomic E-state index is 11.1. The topological polar surface area (TPSA) is 66.8 Å². The van der Waals surface area contributed by atoms with E-state index in [-0.39, 0.29) is 0 Å². The highest BCUT2D eigenvalue weighted by Gasteiger charge is 2.38. The molecule has 0 amide bonds. The number of benzene rings is 1. The summed E-state index contributed by atoms with van der Waals surface area (Å²) in [5, 5.41) is 19.6. The van der Waals surface area contributed by atoms with Crippen molar-refractivity contribution >= 4 is 5.97 Å². The number of carbonyl (C=O) groups is 1. The molecule has 0 saturated heterocycles. The van der Waals surface area contributed by atoms with Crippen LogP contribution in [0.2, 0.25) is 0 Å². The van der Waals surface area contributed by atoms with Gasteiger partial charge in [0.05, 0.1) is 7.11 Å². The lowest BCUT2D eigenvalue weighted by atomic mass is 9.90.